The van der Waals surface area contributed by atoms with Gasteiger partial charge in [0.05, 0.1) is 12.6 Å². The van der Waals surface area contributed by atoms with Gasteiger partial charge in [0.1, 0.15) is 23.9 Å². The maximum atomic E-state index is 12.7. The van der Waals surface area contributed by atoms with Crippen LogP contribution in [-0.4, -0.2) is 80.9 Å². The Balaban J connectivity index is 2.79. The van der Waals surface area contributed by atoms with Gasteiger partial charge in [0.25, 0.3) is 0 Å². The van der Waals surface area contributed by atoms with E-state index >= 15 is 0 Å². The summed E-state index contributed by atoms with van der Waals surface area (Å²) < 4.78 is 0. The molecule has 0 aliphatic carbocycles. The minimum atomic E-state index is -1.48. The summed E-state index contributed by atoms with van der Waals surface area (Å²) >= 11 is 0. The zero-order valence-electron chi connectivity index (χ0n) is 19.4. The van der Waals surface area contributed by atoms with E-state index in [2.05, 4.69) is 16.0 Å². The van der Waals surface area contributed by atoms with Crippen molar-refractivity contribution >= 4 is 29.7 Å². The number of aromatic hydroxyl groups is 1. The smallest absolute Gasteiger partial charge is 0.326 e. The number of carbonyl (C=O) groups is 5. The predicted octanol–water partition coefficient (Wildman–Crippen LogP) is -1.69. The van der Waals surface area contributed by atoms with Crippen molar-refractivity contribution in [2.75, 3.05) is 6.61 Å². The highest BCUT2D eigenvalue weighted by Crippen LogP contribution is 2.11. The largest absolute Gasteiger partial charge is 0.508 e. The summed E-state index contributed by atoms with van der Waals surface area (Å²) in [5.74, 6) is -5.63. The van der Waals surface area contributed by atoms with Crippen molar-refractivity contribution in [1.29, 1.82) is 0 Å². The molecule has 3 amide bonds. The summed E-state index contributed by atoms with van der Waals surface area (Å²) in [7, 11) is 0. The van der Waals surface area contributed by atoms with Crippen LogP contribution in [0.3, 0.4) is 0 Å². The molecular weight excluding hydrogens is 464 g/mol. The second kappa shape index (κ2) is 13.9. The van der Waals surface area contributed by atoms with Crippen molar-refractivity contribution in [2.45, 2.75) is 57.3 Å². The number of aliphatic carboxylic acids is 2. The molecule has 35 heavy (non-hydrogen) atoms. The van der Waals surface area contributed by atoms with E-state index in [4.69, 9.17) is 10.8 Å². The average Bonchev–Trinajstić information content (AvgIpc) is 2.78. The number of amides is 3. The number of aliphatic hydroxyl groups is 1. The van der Waals surface area contributed by atoms with Crippen LogP contribution in [0.1, 0.15) is 32.3 Å². The molecule has 0 spiro atoms. The van der Waals surface area contributed by atoms with Gasteiger partial charge in [-0.15, -0.1) is 0 Å². The van der Waals surface area contributed by atoms with Crippen LogP contribution in [0.5, 0.6) is 5.75 Å². The Hall–Kier alpha value is -3.71. The van der Waals surface area contributed by atoms with E-state index in [0.717, 1.165) is 0 Å². The zero-order chi connectivity index (χ0) is 26.7. The van der Waals surface area contributed by atoms with E-state index in [-0.39, 0.29) is 18.6 Å². The number of benzene rings is 1. The molecule has 0 fully saturated rings. The maximum Gasteiger partial charge on any atom is 0.326 e. The van der Waals surface area contributed by atoms with Crippen LogP contribution in [0.15, 0.2) is 24.3 Å². The summed E-state index contributed by atoms with van der Waals surface area (Å²) in [5.41, 5.74) is 6.53. The number of hydrogen-bond donors (Lipinski definition) is 8. The number of carbonyl (C=O) groups excluding carboxylic acids is 3. The minimum Gasteiger partial charge on any atom is -0.508 e. The lowest BCUT2D eigenvalue weighted by molar-refractivity contribution is -0.143. The first-order valence-electron chi connectivity index (χ1n) is 10.9. The number of nitrogens with two attached hydrogens (primary N) is 1. The lowest BCUT2D eigenvalue weighted by Crippen LogP contribution is -2.59. The van der Waals surface area contributed by atoms with E-state index in [9.17, 15) is 39.3 Å². The molecule has 0 heterocycles. The Labute approximate surface area is 201 Å². The third-order valence-corrected chi connectivity index (χ3v) is 5.05. The molecule has 0 saturated carbocycles. The van der Waals surface area contributed by atoms with Gasteiger partial charge < -0.3 is 42.1 Å². The Morgan fingerprint density at radius 1 is 0.886 bits per heavy atom. The highest BCUT2D eigenvalue weighted by Gasteiger charge is 2.31. The monoisotopic (exact) mass is 496 g/mol. The number of phenols is 1. The molecule has 4 atom stereocenters. The van der Waals surface area contributed by atoms with Gasteiger partial charge >= 0.3 is 11.9 Å². The summed E-state index contributed by atoms with van der Waals surface area (Å²) in [6, 6.07) is 0.779. The van der Waals surface area contributed by atoms with Gasteiger partial charge in [-0.25, -0.2) is 4.79 Å². The van der Waals surface area contributed by atoms with Crippen LogP contribution in [0, 0.1) is 5.92 Å². The second-order valence-electron chi connectivity index (χ2n) is 8.28. The molecule has 0 radical (unpaired) electrons. The van der Waals surface area contributed by atoms with Crippen molar-refractivity contribution in [2.24, 2.45) is 11.7 Å². The minimum absolute atomic E-state index is 0.0455. The van der Waals surface area contributed by atoms with Crippen LogP contribution < -0.4 is 21.7 Å². The molecule has 13 nitrogen and oxygen atoms in total. The third-order valence-electron chi connectivity index (χ3n) is 5.05. The molecule has 1 aromatic carbocycles. The normalized spacial score (nSPS) is 14.3. The molecule has 0 saturated heterocycles. The van der Waals surface area contributed by atoms with E-state index < -0.39 is 72.8 Å². The Morgan fingerprint density at radius 2 is 1.46 bits per heavy atom. The average molecular weight is 497 g/mol. The van der Waals surface area contributed by atoms with Crippen molar-refractivity contribution < 1.29 is 44.4 Å². The maximum absolute atomic E-state index is 12.7. The highest BCUT2D eigenvalue weighted by atomic mass is 16.4. The second-order valence-corrected chi connectivity index (χ2v) is 8.28. The zero-order valence-corrected chi connectivity index (χ0v) is 19.4. The summed E-state index contributed by atoms with van der Waals surface area (Å²) in [4.78, 5) is 59.8. The van der Waals surface area contributed by atoms with Gasteiger partial charge in [0.15, 0.2) is 0 Å². The van der Waals surface area contributed by atoms with Crippen LogP contribution in [0.4, 0.5) is 0 Å². The fourth-order valence-corrected chi connectivity index (χ4v) is 3.03. The molecule has 0 bridgehead atoms. The van der Waals surface area contributed by atoms with Gasteiger partial charge in [-0.2, -0.15) is 0 Å². The third kappa shape index (κ3) is 9.98. The standard InChI is InChI=1S/C22H32N4O9/c1-11(2)18(21(33)24-15(22(34)35)7-8-17(29)30)26-20(32)16(10-27)25-19(31)14(23)9-12-3-5-13(28)6-4-12/h3-6,11,14-16,18,27-28H,7-10,23H2,1-2H3,(H,24,33)(H,25,31)(H,26,32)(H,29,30)(H,34,35). The summed E-state index contributed by atoms with van der Waals surface area (Å²) in [6.07, 6.45) is -0.752. The molecule has 0 aromatic heterocycles. The van der Waals surface area contributed by atoms with Gasteiger partial charge in [0, 0.05) is 6.42 Å². The molecule has 0 aliphatic heterocycles. The number of carboxylic acid groups (broad SMARTS) is 2. The van der Waals surface area contributed by atoms with Gasteiger partial charge in [0.2, 0.25) is 17.7 Å². The fourth-order valence-electron chi connectivity index (χ4n) is 3.03. The van der Waals surface area contributed by atoms with E-state index in [1.807, 2.05) is 0 Å². The van der Waals surface area contributed by atoms with E-state index in [0.29, 0.717) is 5.56 Å². The van der Waals surface area contributed by atoms with Gasteiger partial charge in [-0.1, -0.05) is 26.0 Å². The molecule has 194 valence electrons. The summed E-state index contributed by atoms with van der Waals surface area (Å²) in [6.45, 7) is 2.36. The van der Waals surface area contributed by atoms with Crippen molar-refractivity contribution in [3.8, 4) is 5.75 Å². The van der Waals surface area contributed by atoms with Crippen LogP contribution in [0.2, 0.25) is 0 Å². The summed E-state index contributed by atoms with van der Waals surface area (Å²) in [5, 5.41) is 43.8. The molecule has 13 heteroatoms. The number of aliphatic hydroxyl groups excluding tert-OH is 1. The van der Waals surface area contributed by atoms with Crippen LogP contribution in [-0.2, 0) is 30.4 Å². The van der Waals surface area contributed by atoms with E-state index in [1.165, 1.54) is 12.1 Å². The first kappa shape index (κ1) is 29.3. The quantitative estimate of drug-likeness (QED) is 0.146. The molecule has 1 aromatic rings. The number of phenolic OH excluding ortho intramolecular Hbond substituents is 1. The molecule has 0 aliphatic rings. The van der Waals surface area contributed by atoms with Crippen LogP contribution in [0.25, 0.3) is 0 Å². The van der Waals surface area contributed by atoms with Crippen molar-refractivity contribution in [1.82, 2.24) is 16.0 Å². The van der Waals surface area contributed by atoms with Gasteiger partial charge in [-0.05, 0) is 36.5 Å². The van der Waals surface area contributed by atoms with Crippen LogP contribution >= 0.6 is 0 Å². The number of nitrogens with one attached hydrogen (secondary N) is 3. The fraction of sp³-hybridized carbons (Fsp3) is 0.500. The van der Waals surface area contributed by atoms with Gasteiger partial charge in [-0.3, -0.25) is 19.2 Å². The topological polar surface area (TPSA) is 228 Å². The first-order valence-corrected chi connectivity index (χ1v) is 10.9. The molecule has 9 N–H and O–H groups in total. The molecule has 1 rings (SSSR count). The lowest BCUT2D eigenvalue weighted by atomic mass is 10.0. The van der Waals surface area contributed by atoms with Crippen molar-refractivity contribution in [3.05, 3.63) is 29.8 Å². The number of hydrogen-bond acceptors (Lipinski definition) is 8. The number of carboxylic acids is 2. The Bertz CT molecular complexity index is 905. The first-order chi connectivity index (χ1) is 16.3. The predicted molar refractivity (Wildman–Crippen MR) is 122 cm³/mol. The molecular formula is C22H32N4O9. The Morgan fingerprint density at radius 3 is 1.94 bits per heavy atom. The number of rotatable bonds is 14. The molecule has 4 unspecified atom stereocenters. The van der Waals surface area contributed by atoms with E-state index in [1.54, 1.807) is 26.0 Å². The lowest BCUT2D eigenvalue weighted by Gasteiger charge is -2.26. The Kier molecular flexibility index (Phi) is 11.6. The van der Waals surface area contributed by atoms with Crippen molar-refractivity contribution in [3.63, 3.8) is 0 Å². The SMILES string of the molecule is CC(C)C(NC(=O)C(CO)NC(=O)C(N)Cc1ccc(O)cc1)C(=O)NC(CCC(=O)O)C(=O)O. The highest BCUT2D eigenvalue weighted by molar-refractivity contribution is 5.94.